The molecule has 0 aliphatic rings. The highest BCUT2D eigenvalue weighted by molar-refractivity contribution is 5.29. The van der Waals surface area contributed by atoms with E-state index < -0.39 is 0 Å². The van der Waals surface area contributed by atoms with Crippen molar-refractivity contribution in [2.75, 3.05) is 0 Å². The molecule has 86 valence electrons. The number of hydrogen-bond acceptors (Lipinski definition) is 2. The van der Waals surface area contributed by atoms with Crippen molar-refractivity contribution in [1.29, 1.82) is 0 Å². The van der Waals surface area contributed by atoms with Crippen LogP contribution in [0.4, 0.5) is 0 Å². The first-order valence-electron chi connectivity index (χ1n) is 5.95. The smallest absolute Gasteiger partial charge is 0.0823 e. The Morgan fingerprint density at radius 1 is 1.20 bits per heavy atom. The summed E-state index contributed by atoms with van der Waals surface area (Å²) in [5, 5.41) is 14.6. The van der Waals surface area contributed by atoms with Crippen LogP contribution in [0.25, 0.3) is 0 Å². The summed E-state index contributed by atoms with van der Waals surface area (Å²) in [6.07, 6.45) is 2.24. The largest absolute Gasteiger partial charge is 0.388 e. The lowest BCUT2D eigenvalue weighted by Gasteiger charge is -2.10. The van der Waals surface area contributed by atoms with Crippen molar-refractivity contribution in [3.8, 4) is 0 Å². The SMILES string of the molecule is CCc1nn(CC)c(CC)c1C(O)CC. The molecule has 0 fully saturated rings. The molecule has 3 heteroatoms. The van der Waals surface area contributed by atoms with Gasteiger partial charge in [0.25, 0.3) is 0 Å². The maximum atomic E-state index is 10.0. The Kier molecular flexibility index (Phi) is 4.33. The molecular formula is C12H22N2O. The van der Waals surface area contributed by atoms with Crippen LogP contribution in [0.15, 0.2) is 0 Å². The Hall–Kier alpha value is -0.830. The van der Waals surface area contributed by atoms with Gasteiger partial charge < -0.3 is 5.11 Å². The third kappa shape index (κ3) is 2.23. The van der Waals surface area contributed by atoms with Gasteiger partial charge in [-0.2, -0.15) is 5.10 Å². The average molecular weight is 210 g/mol. The number of nitrogens with zero attached hydrogens (tertiary/aromatic N) is 2. The van der Waals surface area contributed by atoms with Crippen LogP contribution in [0.2, 0.25) is 0 Å². The van der Waals surface area contributed by atoms with Crippen LogP contribution in [0.1, 0.15) is 57.2 Å². The fourth-order valence-electron chi connectivity index (χ4n) is 2.05. The molecule has 0 aliphatic carbocycles. The van der Waals surface area contributed by atoms with E-state index >= 15 is 0 Å². The Morgan fingerprint density at radius 3 is 2.27 bits per heavy atom. The summed E-state index contributed by atoms with van der Waals surface area (Å²) >= 11 is 0. The number of hydrogen-bond donors (Lipinski definition) is 1. The summed E-state index contributed by atoms with van der Waals surface area (Å²) in [5.41, 5.74) is 3.33. The average Bonchev–Trinajstić information content (AvgIpc) is 2.65. The van der Waals surface area contributed by atoms with Gasteiger partial charge in [-0.3, -0.25) is 4.68 Å². The fraction of sp³-hybridized carbons (Fsp3) is 0.750. The molecule has 1 aromatic heterocycles. The summed E-state index contributed by atoms with van der Waals surface area (Å²) in [5.74, 6) is 0. The minimum atomic E-state index is -0.352. The van der Waals surface area contributed by atoms with Crippen LogP contribution < -0.4 is 0 Å². The van der Waals surface area contributed by atoms with Crippen LogP contribution >= 0.6 is 0 Å². The van der Waals surface area contributed by atoms with Crippen LogP contribution in [0, 0.1) is 0 Å². The molecule has 1 rings (SSSR count). The van der Waals surface area contributed by atoms with Gasteiger partial charge in [-0.25, -0.2) is 0 Å². The van der Waals surface area contributed by atoms with E-state index in [1.165, 1.54) is 5.69 Å². The summed E-state index contributed by atoms with van der Waals surface area (Å²) in [6.45, 7) is 9.19. The van der Waals surface area contributed by atoms with Crippen LogP contribution in [0.5, 0.6) is 0 Å². The second-order valence-corrected chi connectivity index (χ2v) is 3.75. The lowest BCUT2D eigenvalue weighted by Crippen LogP contribution is -2.05. The van der Waals surface area contributed by atoms with Gasteiger partial charge in [-0.05, 0) is 26.2 Å². The van der Waals surface area contributed by atoms with Crippen LogP contribution in [0.3, 0.4) is 0 Å². The monoisotopic (exact) mass is 210 g/mol. The van der Waals surface area contributed by atoms with Gasteiger partial charge in [0.1, 0.15) is 0 Å². The first kappa shape index (κ1) is 12.2. The van der Waals surface area contributed by atoms with Gasteiger partial charge in [0, 0.05) is 17.8 Å². The molecule has 1 N–H and O–H groups in total. The van der Waals surface area contributed by atoms with E-state index in [2.05, 4.69) is 25.9 Å². The molecule has 1 unspecified atom stereocenters. The number of aliphatic hydroxyl groups excluding tert-OH is 1. The minimum Gasteiger partial charge on any atom is -0.388 e. The second-order valence-electron chi connectivity index (χ2n) is 3.75. The maximum Gasteiger partial charge on any atom is 0.0823 e. The van der Waals surface area contributed by atoms with E-state index in [9.17, 15) is 5.11 Å². The molecule has 0 saturated heterocycles. The number of aryl methyl sites for hydroxylation is 2. The molecule has 0 aromatic carbocycles. The third-order valence-corrected chi connectivity index (χ3v) is 2.86. The Bertz CT molecular complexity index is 318. The second kappa shape index (κ2) is 5.31. The molecule has 0 amide bonds. The number of aromatic nitrogens is 2. The molecule has 0 spiro atoms. The number of aliphatic hydroxyl groups is 1. The Morgan fingerprint density at radius 2 is 1.87 bits per heavy atom. The van der Waals surface area contributed by atoms with E-state index in [1.54, 1.807) is 0 Å². The maximum absolute atomic E-state index is 10.0. The van der Waals surface area contributed by atoms with E-state index in [0.717, 1.165) is 37.1 Å². The van der Waals surface area contributed by atoms with Crippen molar-refractivity contribution in [2.24, 2.45) is 0 Å². The fourth-order valence-corrected chi connectivity index (χ4v) is 2.05. The molecule has 0 saturated carbocycles. The van der Waals surface area contributed by atoms with Gasteiger partial charge in [0.2, 0.25) is 0 Å². The van der Waals surface area contributed by atoms with Gasteiger partial charge in [-0.15, -0.1) is 0 Å². The van der Waals surface area contributed by atoms with Crippen molar-refractivity contribution >= 4 is 0 Å². The van der Waals surface area contributed by atoms with Gasteiger partial charge >= 0.3 is 0 Å². The van der Waals surface area contributed by atoms with Crippen molar-refractivity contribution in [3.63, 3.8) is 0 Å². The molecule has 1 aromatic rings. The highest BCUT2D eigenvalue weighted by Gasteiger charge is 2.19. The van der Waals surface area contributed by atoms with Crippen molar-refractivity contribution in [3.05, 3.63) is 17.0 Å². The lowest BCUT2D eigenvalue weighted by atomic mass is 10.0. The zero-order valence-electron chi connectivity index (χ0n) is 10.2. The highest BCUT2D eigenvalue weighted by Crippen LogP contribution is 2.25. The Balaban J connectivity index is 3.24. The summed E-state index contributed by atoms with van der Waals surface area (Å²) in [7, 11) is 0. The molecule has 1 heterocycles. The Labute approximate surface area is 92.1 Å². The van der Waals surface area contributed by atoms with Crippen LogP contribution in [-0.2, 0) is 19.4 Å². The predicted molar refractivity (Wildman–Crippen MR) is 61.9 cm³/mol. The molecule has 1 atom stereocenters. The zero-order valence-corrected chi connectivity index (χ0v) is 10.2. The minimum absolute atomic E-state index is 0.352. The van der Waals surface area contributed by atoms with E-state index in [4.69, 9.17) is 0 Å². The predicted octanol–water partition coefficient (Wildman–Crippen LogP) is 2.47. The van der Waals surface area contributed by atoms with E-state index in [-0.39, 0.29) is 6.10 Å². The highest BCUT2D eigenvalue weighted by atomic mass is 16.3. The van der Waals surface area contributed by atoms with Gasteiger partial charge in [0.15, 0.2) is 0 Å². The standard InChI is InChI=1S/C12H22N2O/c1-5-9-12(11(15)7-3)10(6-2)14(8-4)13-9/h11,15H,5-8H2,1-4H3. The van der Waals surface area contributed by atoms with Crippen molar-refractivity contribution < 1.29 is 5.11 Å². The summed E-state index contributed by atoms with van der Waals surface area (Å²) in [4.78, 5) is 0. The summed E-state index contributed by atoms with van der Waals surface area (Å²) in [6, 6.07) is 0. The first-order valence-corrected chi connectivity index (χ1v) is 5.95. The van der Waals surface area contributed by atoms with Crippen molar-refractivity contribution in [1.82, 2.24) is 9.78 Å². The zero-order chi connectivity index (χ0) is 11.4. The quantitative estimate of drug-likeness (QED) is 0.810. The molecule has 0 radical (unpaired) electrons. The molecule has 3 nitrogen and oxygen atoms in total. The molecular weight excluding hydrogens is 188 g/mol. The van der Waals surface area contributed by atoms with E-state index in [1.807, 2.05) is 11.6 Å². The molecule has 0 bridgehead atoms. The summed E-state index contributed by atoms with van der Waals surface area (Å²) < 4.78 is 2.02. The number of rotatable bonds is 5. The van der Waals surface area contributed by atoms with Gasteiger partial charge in [0.05, 0.1) is 11.8 Å². The normalized spacial score (nSPS) is 13.1. The lowest BCUT2D eigenvalue weighted by molar-refractivity contribution is 0.171. The van der Waals surface area contributed by atoms with Gasteiger partial charge in [-0.1, -0.05) is 20.8 Å². The van der Waals surface area contributed by atoms with Crippen molar-refractivity contribution in [2.45, 2.75) is 59.6 Å². The molecule has 15 heavy (non-hydrogen) atoms. The van der Waals surface area contributed by atoms with Crippen LogP contribution in [-0.4, -0.2) is 14.9 Å². The third-order valence-electron chi connectivity index (χ3n) is 2.86. The van der Waals surface area contributed by atoms with E-state index in [0.29, 0.717) is 0 Å². The topological polar surface area (TPSA) is 38.0 Å². The molecule has 0 aliphatic heterocycles. The first-order chi connectivity index (χ1) is 7.19.